The van der Waals surface area contributed by atoms with Crippen molar-refractivity contribution in [3.8, 4) is 0 Å². The van der Waals surface area contributed by atoms with Crippen molar-refractivity contribution < 1.29 is 9.53 Å². The molecule has 0 aromatic carbocycles. The number of aromatic nitrogens is 2. The quantitative estimate of drug-likeness (QED) is 0.463. The van der Waals surface area contributed by atoms with Gasteiger partial charge in [-0.2, -0.15) is 0 Å². The van der Waals surface area contributed by atoms with Crippen LogP contribution >= 0.6 is 11.8 Å². The van der Waals surface area contributed by atoms with Crippen molar-refractivity contribution in [3.05, 3.63) is 22.1 Å². The van der Waals surface area contributed by atoms with Crippen molar-refractivity contribution >= 4 is 17.7 Å². The Kier molecular flexibility index (Phi) is 6.24. The third kappa shape index (κ3) is 5.07. The second kappa shape index (κ2) is 7.97. The monoisotopic (exact) mass is 339 g/mol. The molecule has 2 atom stereocenters. The molecule has 0 saturated carbocycles. The van der Waals surface area contributed by atoms with Gasteiger partial charge in [0.15, 0.2) is 5.16 Å². The first kappa shape index (κ1) is 18.0. The van der Waals surface area contributed by atoms with Crippen LogP contribution in [0.2, 0.25) is 0 Å². The van der Waals surface area contributed by atoms with Gasteiger partial charge in [-0.25, -0.2) is 4.98 Å². The zero-order valence-electron chi connectivity index (χ0n) is 14.2. The van der Waals surface area contributed by atoms with Crippen LogP contribution < -0.4 is 5.56 Å². The summed E-state index contributed by atoms with van der Waals surface area (Å²) >= 11 is 1.52. The smallest absolute Gasteiger partial charge is 0.254 e. The number of ether oxygens (including phenoxy) is 1. The first-order valence-electron chi connectivity index (χ1n) is 7.97. The fraction of sp³-hybridized carbons (Fsp3) is 0.688. The molecular weight excluding hydrogens is 314 g/mol. The average molecular weight is 339 g/mol. The van der Waals surface area contributed by atoms with Crippen molar-refractivity contribution in [2.75, 3.05) is 18.8 Å². The third-order valence-corrected chi connectivity index (χ3v) is 4.88. The second-order valence-electron chi connectivity index (χ2n) is 6.09. The molecule has 1 aromatic rings. The van der Waals surface area contributed by atoms with Gasteiger partial charge in [0.25, 0.3) is 5.56 Å². The molecule has 2 rings (SSSR count). The number of rotatable bonds is 5. The van der Waals surface area contributed by atoms with Crippen LogP contribution in [0.4, 0.5) is 0 Å². The number of carbonyl (C=O) groups is 1. The Morgan fingerprint density at radius 1 is 1.39 bits per heavy atom. The fourth-order valence-corrected chi connectivity index (χ4v) is 3.65. The summed E-state index contributed by atoms with van der Waals surface area (Å²) in [5.41, 5.74) is 0.676. The fourth-order valence-electron chi connectivity index (χ4n) is 2.68. The van der Waals surface area contributed by atoms with Crippen LogP contribution in [0, 0.1) is 6.92 Å². The van der Waals surface area contributed by atoms with Crippen molar-refractivity contribution in [1.29, 1.82) is 0 Å². The Bertz CT molecular complexity index is 607. The van der Waals surface area contributed by atoms with Gasteiger partial charge in [-0.15, -0.1) is 0 Å². The molecule has 2 heterocycles. The maximum atomic E-state index is 12.3. The standard InChI is InChI=1S/C16H25N3O3S/c1-11-8-15(21)18(4)16(17-11)23-7-5-6-14(20)19-9-12(2)22-13(3)10-19/h8,12-13H,5-7,9-10H2,1-4H3. The van der Waals surface area contributed by atoms with E-state index in [2.05, 4.69) is 4.98 Å². The minimum Gasteiger partial charge on any atom is -0.372 e. The molecule has 1 aromatic heterocycles. The molecule has 0 aliphatic carbocycles. The molecule has 1 fully saturated rings. The molecule has 23 heavy (non-hydrogen) atoms. The Labute approximate surface area is 141 Å². The lowest BCUT2D eigenvalue weighted by Crippen LogP contribution is -2.48. The number of carbonyl (C=O) groups excluding carboxylic acids is 1. The molecule has 6 nitrogen and oxygen atoms in total. The zero-order chi connectivity index (χ0) is 17.0. The van der Waals surface area contributed by atoms with Crippen molar-refractivity contribution in [1.82, 2.24) is 14.5 Å². The Morgan fingerprint density at radius 2 is 2.04 bits per heavy atom. The average Bonchev–Trinajstić information content (AvgIpc) is 2.47. The molecule has 0 radical (unpaired) electrons. The number of thioether (sulfide) groups is 1. The van der Waals surface area contributed by atoms with Crippen molar-refractivity contribution in [2.24, 2.45) is 7.05 Å². The predicted octanol–water partition coefficient (Wildman–Crippen LogP) is 1.60. The van der Waals surface area contributed by atoms with Crippen LogP contribution in [0.3, 0.4) is 0 Å². The summed E-state index contributed by atoms with van der Waals surface area (Å²) in [6.45, 7) is 7.15. The first-order chi connectivity index (χ1) is 10.9. The highest BCUT2D eigenvalue weighted by Gasteiger charge is 2.25. The molecule has 1 amide bonds. The number of hydrogen-bond acceptors (Lipinski definition) is 5. The van der Waals surface area contributed by atoms with E-state index >= 15 is 0 Å². The first-order valence-corrected chi connectivity index (χ1v) is 8.96. The molecule has 1 aliphatic rings. The SMILES string of the molecule is Cc1cc(=O)n(C)c(SCCCC(=O)N2CC(C)OC(C)C2)n1. The summed E-state index contributed by atoms with van der Waals surface area (Å²) in [6.07, 6.45) is 1.49. The van der Waals surface area contributed by atoms with E-state index in [1.165, 1.54) is 17.8 Å². The third-order valence-electron chi connectivity index (χ3n) is 3.76. The molecular formula is C16H25N3O3S. The molecule has 2 unspecified atom stereocenters. The van der Waals surface area contributed by atoms with Crippen molar-refractivity contribution in [2.45, 2.75) is 51.0 Å². The molecule has 1 aliphatic heterocycles. The second-order valence-corrected chi connectivity index (χ2v) is 7.15. The highest BCUT2D eigenvalue weighted by atomic mass is 32.2. The van der Waals surface area contributed by atoms with Crippen LogP contribution in [0.15, 0.2) is 16.0 Å². The van der Waals surface area contributed by atoms with E-state index < -0.39 is 0 Å². The van der Waals surface area contributed by atoms with E-state index in [0.717, 1.165) is 17.9 Å². The van der Waals surface area contributed by atoms with E-state index in [4.69, 9.17) is 4.74 Å². The lowest BCUT2D eigenvalue weighted by molar-refractivity contribution is -0.143. The van der Waals surface area contributed by atoms with Crippen molar-refractivity contribution in [3.63, 3.8) is 0 Å². The Morgan fingerprint density at radius 3 is 2.70 bits per heavy atom. The predicted molar refractivity (Wildman–Crippen MR) is 90.8 cm³/mol. The molecule has 128 valence electrons. The topological polar surface area (TPSA) is 64.4 Å². The number of aryl methyl sites for hydroxylation is 1. The summed E-state index contributed by atoms with van der Waals surface area (Å²) in [4.78, 5) is 30.2. The van der Waals surface area contributed by atoms with Gasteiger partial charge < -0.3 is 9.64 Å². The van der Waals surface area contributed by atoms with Crippen LogP contribution in [0.1, 0.15) is 32.4 Å². The van der Waals surface area contributed by atoms with Crippen LogP contribution in [-0.4, -0.2) is 51.4 Å². The maximum absolute atomic E-state index is 12.3. The minimum atomic E-state index is -0.0487. The largest absolute Gasteiger partial charge is 0.372 e. The highest BCUT2D eigenvalue weighted by molar-refractivity contribution is 7.99. The van der Waals surface area contributed by atoms with Gasteiger partial charge in [-0.1, -0.05) is 11.8 Å². The van der Waals surface area contributed by atoms with E-state index in [1.54, 1.807) is 11.6 Å². The van der Waals surface area contributed by atoms with Gasteiger partial charge >= 0.3 is 0 Å². The summed E-state index contributed by atoms with van der Waals surface area (Å²) in [6, 6.07) is 1.52. The van der Waals surface area contributed by atoms with Crippen LogP contribution in [0.5, 0.6) is 0 Å². The highest BCUT2D eigenvalue weighted by Crippen LogP contribution is 2.17. The molecule has 1 saturated heterocycles. The molecule has 0 spiro atoms. The minimum absolute atomic E-state index is 0.0487. The normalized spacial score (nSPS) is 21.5. The number of morpholine rings is 1. The lowest BCUT2D eigenvalue weighted by atomic mass is 10.2. The summed E-state index contributed by atoms with van der Waals surface area (Å²) in [7, 11) is 1.72. The van der Waals surface area contributed by atoms with Crippen LogP contribution in [-0.2, 0) is 16.6 Å². The van der Waals surface area contributed by atoms with Gasteiger partial charge in [0, 0.05) is 44.1 Å². The van der Waals surface area contributed by atoms with Gasteiger partial charge in [0.1, 0.15) is 0 Å². The lowest BCUT2D eigenvalue weighted by Gasteiger charge is -2.35. The maximum Gasteiger partial charge on any atom is 0.254 e. The van der Waals surface area contributed by atoms with Gasteiger partial charge in [-0.3, -0.25) is 14.2 Å². The van der Waals surface area contributed by atoms with Gasteiger partial charge in [0.05, 0.1) is 12.2 Å². The van der Waals surface area contributed by atoms with E-state index in [9.17, 15) is 9.59 Å². The number of amides is 1. The van der Waals surface area contributed by atoms with E-state index in [0.29, 0.717) is 24.7 Å². The number of hydrogen-bond donors (Lipinski definition) is 0. The summed E-state index contributed by atoms with van der Waals surface area (Å²) in [5.74, 6) is 0.948. The van der Waals surface area contributed by atoms with Gasteiger partial charge in [0.2, 0.25) is 5.91 Å². The Hall–Kier alpha value is -1.34. The molecule has 0 bridgehead atoms. The zero-order valence-corrected chi connectivity index (χ0v) is 15.1. The van der Waals surface area contributed by atoms with Crippen LogP contribution in [0.25, 0.3) is 0 Å². The van der Waals surface area contributed by atoms with Gasteiger partial charge in [-0.05, 0) is 27.2 Å². The number of nitrogens with zero attached hydrogens (tertiary/aromatic N) is 3. The van der Waals surface area contributed by atoms with E-state index in [1.807, 2.05) is 25.7 Å². The molecule has 0 N–H and O–H groups in total. The van der Waals surface area contributed by atoms with E-state index in [-0.39, 0.29) is 23.7 Å². The molecule has 7 heteroatoms. The summed E-state index contributed by atoms with van der Waals surface area (Å²) < 4.78 is 7.19. The summed E-state index contributed by atoms with van der Waals surface area (Å²) in [5, 5.41) is 0.705. The Balaban J connectivity index is 1.79.